The van der Waals surface area contributed by atoms with Gasteiger partial charge >= 0.3 is 0 Å². The van der Waals surface area contributed by atoms with Crippen LogP contribution in [0.4, 0.5) is 0 Å². The maximum absolute atomic E-state index is 6.56. The molecule has 0 unspecified atom stereocenters. The van der Waals surface area contributed by atoms with Crippen LogP contribution in [0.25, 0.3) is 119 Å². The number of benzene rings is 8. The Kier molecular flexibility index (Phi) is 7.24. The van der Waals surface area contributed by atoms with Gasteiger partial charge in [0.1, 0.15) is 11.2 Å². The van der Waals surface area contributed by atoms with E-state index in [0.717, 1.165) is 44.2 Å². The molecule has 6 heteroatoms. The second-order valence-corrected chi connectivity index (χ2v) is 16.3. The highest BCUT2D eigenvalue weighted by molar-refractivity contribution is 7.27. The smallest absolute Gasteiger partial charge is 0.164 e. The van der Waals surface area contributed by atoms with Gasteiger partial charge in [-0.25, -0.2) is 15.0 Å². The third kappa shape index (κ3) is 5.15. The number of aromatic nitrogens is 3. The first-order valence-electron chi connectivity index (χ1n) is 18.9. The Labute approximate surface area is 335 Å². The minimum absolute atomic E-state index is 0.615. The van der Waals surface area contributed by atoms with E-state index >= 15 is 0 Å². The molecular formula is C51H29N3OS2. The fourth-order valence-electron chi connectivity index (χ4n) is 8.33. The van der Waals surface area contributed by atoms with Crippen molar-refractivity contribution in [1.82, 2.24) is 15.0 Å². The summed E-state index contributed by atoms with van der Waals surface area (Å²) in [5, 5.41) is 7.27. The molecule has 0 aliphatic carbocycles. The van der Waals surface area contributed by atoms with Crippen LogP contribution in [-0.2, 0) is 0 Å². The van der Waals surface area contributed by atoms with Gasteiger partial charge in [-0.3, -0.25) is 0 Å². The van der Waals surface area contributed by atoms with Crippen molar-refractivity contribution in [3.05, 3.63) is 176 Å². The van der Waals surface area contributed by atoms with Gasteiger partial charge in [-0.15, -0.1) is 22.7 Å². The second-order valence-electron chi connectivity index (χ2n) is 14.3. The van der Waals surface area contributed by atoms with Crippen molar-refractivity contribution in [1.29, 1.82) is 0 Å². The number of rotatable bonds is 5. The molecule has 0 aliphatic heterocycles. The molecule has 8 aromatic carbocycles. The van der Waals surface area contributed by atoms with Crippen LogP contribution in [-0.4, -0.2) is 15.0 Å². The molecule has 57 heavy (non-hydrogen) atoms. The summed E-state index contributed by atoms with van der Waals surface area (Å²) in [4.78, 5) is 15.0. The first-order chi connectivity index (χ1) is 28.2. The summed E-state index contributed by atoms with van der Waals surface area (Å²) in [6.45, 7) is 0. The summed E-state index contributed by atoms with van der Waals surface area (Å²) < 4.78 is 11.8. The summed E-state index contributed by atoms with van der Waals surface area (Å²) in [6.07, 6.45) is 0. The molecule has 0 bridgehead atoms. The second kappa shape index (κ2) is 12.8. The molecule has 0 spiro atoms. The molecule has 0 aliphatic rings. The van der Waals surface area contributed by atoms with Crippen LogP contribution >= 0.6 is 22.7 Å². The number of hydrogen-bond donors (Lipinski definition) is 0. The Bertz CT molecular complexity index is 3470. The minimum atomic E-state index is 0.615. The van der Waals surface area contributed by atoms with Crippen LogP contribution in [0, 0.1) is 0 Å². The lowest BCUT2D eigenvalue weighted by Gasteiger charge is -2.09. The van der Waals surface area contributed by atoms with E-state index in [4.69, 9.17) is 19.4 Å². The summed E-state index contributed by atoms with van der Waals surface area (Å²) in [5.41, 5.74) is 9.34. The van der Waals surface area contributed by atoms with Gasteiger partial charge in [0.15, 0.2) is 17.5 Å². The van der Waals surface area contributed by atoms with Crippen LogP contribution in [0.15, 0.2) is 180 Å². The van der Waals surface area contributed by atoms with Gasteiger partial charge in [0.05, 0.1) is 0 Å². The normalized spacial score (nSPS) is 11.9. The van der Waals surface area contributed by atoms with Gasteiger partial charge in [-0.1, -0.05) is 146 Å². The molecule has 12 aromatic rings. The summed E-state index contributed by atoms with van der Waals surface area (Å²) in [6, 6.07) is 61.8. The molecule has 0 fully saturated rings. The highest BCUT2D eigenvalue weighted by atomic mass is 32.1. The minimum Gasteiger partial charge on any atom is -0.456 e. The highest BCUT2D eigenvalue weighted by Gasteiger charge is 2.20. The Morgan fingerprint density at radius 3 is 1.47 bits per heavy atom. The van der Waals surface area contributed by atoms with Crippen molar-refractivity contribution in [2.24, 2.45) is 0 Å². The average molecular weight is 764 g/mol. The van der Waals surface area contributed by atoms with Crippen molar-refractivity contribution in [3.63, 3.8) is 0 Å². The fraction of sp³-hybridized carbons (Fsp3) is 0. The third-order valence-corrected chi connectivity index (χ3v) is 13.5. The third-order valence-electron chi connectivity index (χ3n) is 11.0. The van der Waals surface area contributed by atoms with Gasteiger partial charge in [-0.2, -0.15) is 0 Å². The van der Waals surface area contributed by atoms with E-state index in [1.54, 1.807) is 0 Å². The Morgan fingerprint density at radius 1 is 0.333 bits per heavy atom. The first kappa shape index (κ1) is 32.3. The van der Waals surface area contributed by atoms with E-state index in [1.807, 2.05) is 89.4 Å². The molecule has 0 amide bonds. The van der Waals surface area contributed by atoms with Gasteiger partial charge in [0.25, 0.3) is 0 Å². The quantitative estimate of drug-likeness (QED) is 0.175. The highest BCUT2D eigenvalue weighted by Crippen LogP contribution is 2.48. The summed E-state index contributed by atoms with van der Waals surface area (Å²) >= 11 is 3.77. The van der Waals surface area contributed by atoms with Gasteiger partial charge < -0.3 is 4.42 Å². The van der Waals surface area contributed by atoms with Crippen molar-refractivity contribution in [2.45, 2.75) is 0 Å². The molecular weight excluding hydrogens is 735 g/mol. The Morgan fingerprint density at radius 2 is 0.825 bits per heavy atom. The van der Waals surface area contributed by atoms with E-state index in [-0.39, 0.29) is 0 Å². The number of fused-ring (bicyclic) bond motifs is 9. The SMILES string of the molecule is c1ccc(-c2nc(-c3ccccc3)nc(-c3ccc4oc5cccc(-c6cccc7c6sc6c(-c8cccc9c8sc8ccccc89)cccc67)c5c4c3)n2)cc1. The molecule has 4 heterocycles. The maximum atomic E-state index is 6.56. The number of thiophene rings is 2. The van der Waals surface area contributed by atoms with Crippen LogP contribution in [0.5, 0.6) is 0 Å². The predicted molar refractivity (Wildman–Crippen MR) is 240 cm³/mol. The number of furan rings is 1. The maximum Gasteiger partial charge on any atom is 0.164 e. The molecule has 12 rings (SSSR count). The number of nitrogens with zero attached hydrogens (tertiary/aromatic N) is 3. The van der Waals surface area contributed by atoms with E-state index in [1.165, 1.54) is 57.0 Å². The van der Waals surface area contributed by atoms with Crippen LogP contribution in [0.1, 0.15) is 0 Å². The lowest BCUT2D eigenvalue weighted by atomic mass is 9.96. The van der Waals surface area contributed by atoms with Crippen LogP contribution in [0.2, 0.25) is 0 Å². The monoisotopic (exact) mass is 763 g/mol. The molecule has 0 radical (unpaired) electrons. The molecule has 4 nitrogen and oxygen atoms in total. The zero-order valence-electron chi connectivity index (χ0n) is 30.3. The molecule has 4 aromatic heterocycles. The molecule has 266 valence electrons. The first-order valence-corrected chi connectivity index (χ1v) is 20.6. The van der Waals surface area contributed by atoms with Crippen molar-refractivity contribution < 1.29 is 4.42 Å². The Hall–Kier alpha value is -6.99. The van der Waals surface area contributed by atoms with Gasteiger partial charge in [0, 0.05) is 84.5 Å². The lowest BCUT2D eigenvalue weighted by molar-refractivity contribution is 0.669. The molecule has 0 saturated carbocycles. The van der Waals surface area contributed by atoms with E-state index in [2.05, 4.69) is 109 Å². The molecule has 0 atom stereocenters. The molecule has 0 N–H and O–H groups in total. The topological polar surface area (TPSA) is 51.8 Å². The zero-order chi connectivity index (χ0) is 37.5. The van der Waals surface area contributed by atoms with E-state index < -0.39 is 0 Å². The van der Waals surface area contributed by atoms with Gasteiger partial charge in [0.2, 0.25) is 0 Å². The van der Waals surface area contributed by atoms with Crippen molar-refractivity contribution in [2.75, 3.05) is 0 Å². The average Bonchev–Trinajstić information content (AvgIpc) is 3.98. The Balaban J connectivity index is 1.05. The predicted octanol–water partition coefficient (Wildman–Crippen LogP) is 14.8. The van der Waals surface area contributed by atoms with E-state index in [9.17, 15) is 0 Å². The largest absolute Gasteiger partial charge is 0.456 e. The van der Waals surface area contributed by atoms with Crippen LogP contribution in [0.3, 0.4) is 0 Å². The van der Waals surface area contributed by atoms with E-state index in [0.29, 0.717) is 17.5 Å². The van der Waals surface area contributed by atoms with Crippen molar-refractivity contribution in [3.8, 4) is 56.4 Å². The zero-order valence-corrected chi connectivity index (χ0v) is 31.9. The summed E-state index contributed by atoms with van der Waals surface area (Å²) in [7, 11) is 0. The van der Waals surface area contributed by atoms with Crippen LogP contribution < -0.4 is 0 Å². The summed E-state index contributed by atoms with van der Waals surface area (Å²) in [5.74, 6) is 1.89. The van der Waals surface area contributed by atoms with Gasteiger partial charge in [-0.05, 0) is 35.9 Å². The molecule has 0 saturated heterocycles. The van der Waals surface area contributed by atoms with Crippen molar-refractivity contribution >= 4 is 85.0 Å². The number of hydrogen-bond acceptors (Lipinski definition) is 6. The standard InChI is InChI=1S/C51H29N3OS2/c1-3-13-30(14-4-1)49-52-50(31-15-5-2-6-16-31)54-51(53-49)32-27-28-42-41(29-32)45-34(18-12-25-43(45)55-42)36-20-10-22-39-40-24-11-23-38(48(40)57-47(36)39)37-21-9-19-35-33-17-7-8-26-44(33)56-46(35)37/h1-29H. The lowest BCUT2D eigenvalue weighted by Crippen LogP contribution is -2.00. The fourth-order valence-corrected chi connectivity index (χ4v) is 10.9.